The highest BCUT2D eigenvalue weighted by molar-refractivity contribution is 6.00. The van der Waals surface area contributed by atoms with Gasteiger partial charge in [0.2, 0.25) is 5.91 Å². The standard InChI is InChI=1S/C32H36FN7O2/c1-3-28(41)40-19-32(20-40)6-8-38(9-7-32)26-14-27(39-17-22(18-39)37-10-12-42-13-11-37)31(33)30(23(26)15-34)29-21(2)4-5-25-24(29)16-35-36-25/h3-5,14,16,22H,1,6-13,17-20H2,2H3,(H,35,36). The van der Waals surface area contributed by atoms with Crippen LogP contribution in [-0.2, 0) is 9.53 Å². The van der Waals surface area contributed by atoms with Crippen molar-refractivity contribution in [3.05, 3.63) is 54.0 Å². The van der Waals surface area contributed by atoms with Gasteiger partial charge in [0.05, 0.1) is 41.9 Å². The largest absolute Gasteiger partial charge is 0.379 e. The molecule has 5 heterocycles. The Morgan fingerprint density at radius 3 is 2.57 bits per heavy atom. The summed E-state index contributed by atoms with van der Waals surface area (Å²) < 4.78 is 22.4. The molecule has 0 atom stereocenters. The zero-order valence-electron chi connectivity index (χ0n) is 24.0. The van der Waals surface area contributed by atoms with Gasteiger partial charge in [-0.1, -0.05) is 12.6 Å². The van der Waals surface area contributed by atoms with Gasteiger partial charge in [-0.2, -0.15) is 10.4 Å². The van der Waals surface area contributed by atoms with Crippen LogP contribution in [0.25, 0.3) is 22.0 Å². The van der Waals surface area contributed by atoms with E-state index in [1.165, 1.54) is 6.08 Å². The first kappa shape index (κ1) is 26.9. The van der Waals surface area contributed by atoms with Gasteiger partial charge < -0.3 is 19.4 Å². The molecule has 4 aliphatic rings. The molecule has 0 unspecified atom stereocenters. The summed E-state index contributed by atoms with van der Waals surface area (Å²) in [6.07, 6.45) is 4.94. The summed E-state index contributed by atoms with van der Waals surface area (Å²) in [5.41, 5.74) is 4.59. The van der Waals surface area contributed by atoms with E-state index in [0.717, 1.165) is 106 Å². The van der Waals surface area contributed by atoms with Crippen LogP contribution in [0.3, 0.4) is 0 Å². The average Bonchev–Trinajstić information content (AvgIpc) is 3.45. The van der Waals surface area contributed by atoms with Crippen molar-refractivity contribution >= 4 is 28.2 Å². The molecule has 2 aromatic carbocycles. The van der Waals surface area contributed by atoms with Crippen LogP contribution < -0.4 is 9.80 Å². The van der Waals surface area contributed by atoms with Crippen LogP contribution in [0.5, 0.6) is 0 Å². The second-order valence-electron chi connectivity index (χ2n) is 12.3. The molecule has 9 nitrogen and oxygen atoms in total. The van der Waals surface area contributed by atoms with Crippen molar-refractivity contribution in [3.63, 3.8) is 0 Å². The number of piperidine rings is 1. The Bertz CT molecular complexity index is 1580. The number of amides is 1. The number of H-pyrrole nitrogens is 1. The fraction of sp³-hybridized carbons (Fsp3) is 0.469. The molecule has 218 valence electrons. The molecule has 1 N–H and O–H groups in total. The molecule has 1 aromatic heterocycles. The molecule has 4 saturated heterocycles. The maximum atomic E-state index is 16.8. The predicted octanol–water partition coefficient (Wildman–Crippen LogP) is 3.68. The molecule has 42 heavy (non-hydrogen) atoms. The number of rotatable bonds is 5. The summed E-state index contributed by atoms with van der Waals surface area (Å²) in [7, 11) is 0. The number of ether oxygens (including phenoxy) is 1. The normalized spacial score (nSPS) is 20.8. The fourth-order valence-corrected chi connectivity index (χ4v) is 7.33. The van der Waals surface area contributed by atoms with Crippen LogP contribution in [-0.4, -0.2) is 97.5 Å². The van der Waals surface area contributed by atoms with E-state index in [-0.39, 0.29) is 17.1 Å². The highest BCUT2D eigenvalue weighted by Crippen LogP contribution is 2.47. The van der Waals surface area contributed by atoms with E-state index in [9.17, 15) is 10.1 Å². The maximum absolute atomic E-state index is 16.8. The van der Waals surface area contributed by atoms with Crippen molar-refractivity contribution in [2.45, 2.75) is 25.8 Å². The number of carbonyl (C=O) groups excluding carboxylic acids is 1. The predicted molar refractivity (Wildman–Crippen MR) is 160 cm³/mol. The van der Waals surface area contributed by atoms with E-state index in [2.05, 4.69) is 37.5 Å². The van der Waals surface area contributed by atoms with Crippen molar-refractivity contribution in [1.29, 1.82) is 5.26 Å². The summed E-state index contributed by atoms with van der Waals surface area (Å²) in [5, 5.41) is 18.6. The number of anilines is 2. The molecule has 7 rings (SSSR count). The van der Waals surface area contributed by atoms with Gasteiger partial charge in [-0.05, 0) is 49.1 Å². The molecular formula is C32H36FN7O2. The topological polar surface area (TPSA) is 91.7 Å². The molecule has 1 amide bonds. The first-order chi connectivity index (χ1) is 20.4. The molecule has 3 aromatic rings. The maximum Gasteiger partial charge on any atom is 0.245 e. The number of nitrogens with zero attached hydrogens (tertiary/aromatic N) is 6. The van der Waals surface area contributed by atoms with Crippen LogP contribution in [0.1, 0.15) is 24.0 Å². The number of aromatic nitrogens is 2. The van der Waals surface area contributed by atoms with Gasteiger partial charge in [0, 0.05) is 74.8 Å². The molecule has 10 heteroatoms. The summed E-state index contributed by atoms with van der Waals surface area (Å²) in [6, 6.07) is 8.58. The van der Waals surface area contributed by atoms with E-state index in [1.807, 2.05) is 30.0 Å². The van der Waals surface area contributed by atoms with Gasteiger partial charge in [-0.15, -0.1) is 0 Å². The van der Waals surface area contributed by atoms with Gasteiger partial charge in [-0.3, -0.25) is 14.8 Å². The molecule has 4 aliphatic heterocycles. The number of halogens is 1. The first-order valence-corrected chi connectivity index (χ1v) is 14.8. The number of aromatic amines is 1. The first-order valence-electron chi connectivity index (χ1n) is 14.8. The summed E-state index contributed by atoms with van der Waals surface area (Å²) in [6.45, 7) is 13.3. The van der Waals surface area contributed by atoms with Gasteiger partial charge in [0.1, 0.15) is 6.07 Å². The third-order valence-electron chi connectivity index (χ3n) is 9.89. The van der Waals surface area contributed by atoms with Crippen molar-refractivity contribution in [3.8, 4) is 17.2 Å². The summed E-state index contributed by atoms with van der Waals surface area (Å²) in [4.78, 5) is 20.7. The summed E-state index contributed by atoms with van der Waals surface area (Å²) in [5.74, 6) is -0.366. The van der Waals surface area contributed by atoms with Crippen LogP contribution in [0.4, 0.5) is 15.8 Å². The minimum Gasteiger partial charge on any atom is -0.379 e. The average molecular weight is 570 g/mol. The van der Waals surface area contributed by atoms with Crippen molar-refractivity contribution < 1.29 is 13.9 Å². The van der Waals surface area contributed by atoms with Crippen molar-refractivity contribution in [1.82, 2.24) is 20.0 Å². The summed E-state index contributed by atoms with van der Waals surface area (Å²) >= 11 is 0. The highest BCUT2D eigenvalue weighted by atomic mass is 19.1. The van der Waals surface area contributed by atoms with Gasteiger partial charge in [0.25, 0.3) is 0 Å². The monoisotopic (exact) mass is 569 g/mol. The van der Waals surface area contributed by atoms with Crippen LogP contribution in [0.15, 0.2) is 37.1 Å². The second kappa shape index (κ2) is 10.4. The number of hydrogen-bond acceptors (Lipinski definition) is 7. The number of carbonyl (C=O) groups is 1. The smallest absolute Gasteiger partial charge is 0.245 e. The van der Waals surface area contributed by atoms with Crippen LogP contribution in [0, 0.1) is 29.5 Å². The third-order valence-corrected chi connectivity index (χ3v) is 9.89. The molecule has 0 bridgehead atoms. The second-order valence-corrected chi connectivity index (χ2v) is 12.3. The van der Waals surface area contributed by atoms with E-state index >= 15 is 4.39 Å². The number of morpholine rings is 1. The number of hydrogen-bond donors (Lipinski definition) is 1. The number of nitriles is 1. The molecule has 0 aliphatic carbocycles. The highest BCUT2D eigenvalue weighted by Gasteiger charge is 2.46. The van der Waals surface area contributed by atoms with E-state index < -0.39 is 0 Å². The Balaban J connectivity index is 1.26. The Kier molecular flexibility index (Phi) is 6.67. The van der Waals surface area contributed by atoms with E-state index in [1.54, 1.807) is 6.20 Å². The third kappa shape index (κ3) is 4.34. The van der Waals surface area contributed by atoms with Gasteiger partial charge in [-0.25, -0.2) is 4.39 Å². The lowest BCUT2D eigenvalue weighted by molar-refractivity contribution is -0.139. The van der Waals surface area contributed by atoms with E-state index in [4.69, 9.17) is 4.74 Å². The number of fused-ring (bicyclic) bond motifs is 1. The number of nitrogens with one attached hydrogen (secondary N) is 1. The van der Waals surface area contributed by atoms with E-state index in [0.29, 0.717) is 22.9 Å². The molecule has 4 fully saturated rings. The number of benzene rings is 2. The van der Waals surface area contributed by atoms with Gasteiger partial charge in [0.15, 0.2) is 5.82 Å². The molecular weight excluding hydrogens is 533 g/mol. The Labute approximate surface area is 245 Å². The molecule has 0 saturated carbocycles. The van der Waals surface area contributed by atoms with Gasteiger partial charge >= 0.3 is 0 Å². The lowest BCUT2D eigenvalue weighted by Crippen LogP contribution is -2.62. The minimum absolute atomic E-state index is 0.0173. The Hall–Kier alpha value is -3.94. The SMILES string of the molecule is C=CC(=O)N1CC2(CCN(c3cc(N4CC(N5CCOCC5)C4)c(F)c(-c4c(C)ccc5[nH]ncc45)c3C#N)CC2)C1. The Morgan fingerprint density at radius 1 is 1.14 bits per heavy atom. The van der Waals surface area contributed by atoms with Crippen LogP contribution >= 0.6 is 0 Å². The minimum atomic E-state index is -0.349. The zero-order chi connectivity index (χ0) is 29.0. The zero-order valence-corrected chi connectivity index (χ0v) is 24.0. The number of aryl methyl sites for hydroxylation is 1. The van der Waals surface area contributed by atoms with Crippen LogP contribution in [0.2, 0.25) is 0 Å². The molecule has 1 spiro atoms. The Morgan fingerprint density at radius 2 is 1.88 bits per heavy atom. The molecule has 0 radical (unpaired) electrons. The lowest BCUT2D eigenvalue weighted by atomic mass is 9.71. The van der Waals surface area contributed by atoms with Crippen molar-refractivity contribution in [2.24, 2.45) is 5.41 Å². The lowest BCUT2D eigenvalue weighted by Gasteiger charge is -2.54. The number of likely N-dealkylation sites (tertiary alicyclic amines) is 1. The van der Waals surface area contributed by atoms with Crippen molar-refractivity contribution in [2.75, 3.05) is 75.4 Å². The fourth-order valence-electron chi connectivity index (χ4n) is 7.33. The quantitative estimate of drug-likeness (QED) is 0.469.